The molecule has 2 heterocycles. The number of ketones is 1. The fraction of sp³-hybridized carbons (Fsp3) is 0.318. The van der Waals surface area contributed by atoms with Crippen molar-refractivity contribution in [1.29, 1.82) is 0 Å². The van der Waals surface area contributed by atoms with E-state index in [9.17, 15) is 14.3 Å². The number of quaternary nitrogens is 1. The zero-order valence-corrected chi connectivity index (χ0v) is 15.3. The first kappa shape index (κ1) is 17.7. The fourth-order valence-electron chi connectivity index (χ4n) is 3.94. The lowest BCUT2D eigenvalue weighted by molar-refractivity contribution is -0.941. The first-order valence-corrected chi connectivity index (χ1v) is 9.43. The molecule has 4 nitrogen and oxygen atoms in total. The number of ether oxygens (including phenoxy) is 1. The van der Waals surface area contributed by atoms with Crippen LogP contribution in [0.25, 0.3) is 6.08 Å². The molecule has 2 aromatic rings. The topological polar surface area (TPSA) is 51.0 Å². The molecule has 2 aliphatic rings. The monoisotopic (exact) mass is 368 g/mol. The maximum Gasteiger partial charge on any atom is 0.231 e. The number of aromatic hydroxyl groups is 1. The second kappa shape index (κ2) is 7.16. The van der Waals surface area contributed by atoms with Crippen LogP contribution >= 0.6 is 0 Å². The van der Waals surface area contributed by atoms with Crippen LogP contribution in [0, 0.1) is 5.82 Å². The summed E-state index contributed by atoms with van der Waals surface area (Å²) in [6.45, 7) is 3.86. The molecule has 1 fully saturated rings. The van der Waals surface area contributed by atoms with Crippen LogP contribution in [0.2, 0.25) is 0 Å². The van der Waals surface area contributed by atoms with Crippen molar-refractivity contribution in [2.75, 3.05) is 6.54 Å². The summed E-state index contributed by atoms with van der Waals surface area (Å²) in [5.74, 6) is -0.0568. The van der Waals surface area contributed by atoms with E-state index in [1.165, 1.54) is 23.5 Å². The fourth-order valence-corrected chi connectivity index (χ4v) is 3.94. The molecule has 27 heavy (non-hydrogen) atoms. The first-order valence-electron chi connectivity index (χ1n) is 9.43. The van der Waals surface area contributed by atoms with Crippen molar-refractivity contribution in [2.24, 2.45) is 0 Å². The molecule has 5 heteroatoms. The zero-order valence-electron chi connectivity index (χ0n) is 15.3. The molecule has 0 aromatic heterocycles. The molecule has 2 N–H and O–H groups in total. The summed E-state index contributed by atoms with van der Waals surface area (Å²) in [7, 11) is 0. The van der Waals surface area contributed by atoms with E-state index < -0.39 is 5.82 Å². The number of benzene rings is 2. The number of hydrogen-bond acceptors (Lipinski definition) is 3. The minimum atomic E-state index is -0.410. The standard InChI is InChI=1S/C22H22FNO3/c1-14-6-4-5-11-24(14)13-17-19(25)10-9-16-21(26)20(27-22(16)17)12-15-7-2-3-8-18(15)23/h2-3,7-10,12,14,25H,4-6,11,13H2,1H3/p+1/b20-12-/t14-/m0/s1. The number of allylic oxidation sites excluding steroid dienone is 1. The zero-order chi connectivity index (χ0) is 19.0. The molecule has 0 spiro atoms. The molecule has 0 amide bonds. The van der Waals surface area contributed by atoms with E-state index in [1.807, 2.05) is 0 Å². The van der Waals surface area contributed by atoms with Gasteiger partial charge in [0.05, 0.1) is 23.7 Å². The summed E-state index contributed by atoms with van der Waals surface area (Å²) in [5.41, 5.74) is 1.38. The van der Waals surface area contributed by atoms with Gasteiger partial charge in [-0.2, -0.15) is 0 Å². The minimum Gasteiger partial charge on any atom is -0.507 e. The highest BCUT2D eigenvalue weighted by Gasteiger charge is 2.33. The van der Waals surface area contributed by atoms with Gasteiger partial charge >= 0.3 is 0 Å². The third kappa shape index (κ3) is 3.35. The van der Waals surface area contributed by atoms with Crippen molar-refractivity contribution >= 4 is 11.9 Å². The van der Waals surface area contributed by atoms with Crippen LogP contribution in [-0.2, 0) is 6.54 Å². The Labute approximate surface area is 157 Å². The van der Waals surface area contributed by atoms with Crippen molar-refractivity contribution in [3.63, 3.8) is 0 Å². The van der Waals surface area contributed by atoms with Crippen molar-refractivity contribution < 1.29 is 23.9 Å². The highest BCUT2D eigenvalue weighted by atomic mass is 19.1. The highest BCUT2D eigenvalue weighted by molar-refractivity contribution is 6.15. The number of nitrogens with one attached hydrogen (secondary N) is 1. The van der Waals surface area contributed by atoms with Crippen LogP contribution in [0.5, 0.6) is 11.5 Å². The Morgan fingerprint density at radius 3 is 2.85 bits per heavy atom. The van der Waals surface area contributed by atoms with E-state index in [-0.39, 0.29) is 17.3 Å². The van der Waals surface area contributed by atoms with Gasteiger partial charge < -0.3 is 14.7 Å². The lowest BCUT2D eigenvalue weighted by Crippen LogP contribution is -3.14. The Balaban J connectivity index is 1.68. The van der Waals surface area contributed by atoms with Crippen LogP contribution in [0.15, 0.2) is 42.2 Å². The quantitative estimate of drug-likeness (QED) is 0.819. The molecule has 0 aliphatic carbocycles. The maximum atomic E-state index is 13.9. The second-order valence-corrected chi connectivity index (χ2v) is 7.38. The van der Waals surface area contributed by atoms with E-state index in [4.69, 9.17) is 4.74 Å². The van der Waals surface area contributed by atoms with Gasteiger partial charge in [-0.1, -0.05) is 18.2 Å². The largest absolute Gasteiger partial charge is 0.507 e. The van der Waals surface area contributed by atoms with Gasteiger partial charge in [0.15, 0.2) is 11.5 Å². The first-order chi connectivity index (χ1) is 13.0. The van der Waals surface area contributed by atoms with Crippen LogP contribution in [0.3, 0.4) is 0 Å². The average molecular weight is 368 g/mol. The number of carbonyl (C=O) groups excluding carboxylic acids is 1. The van der Waals surface area contributed by atoms with Crippen LogP contribution in [0.4, 0.5) is 4.39 Å². The number of hydrogen-bond donors (Lipinski definition) is 2. The number of fused-ring (bicyclic) bond motifs is 1. The highest BCUT2D eigenvalue weighted by Crippen LogP contribution is 2.39. The molecule has 2 atom stereocenters. The van der Waals surface area contributed by atoms with Crippen LogP contribution in [-0.4, -0.2) is 23.5 Å². The van der Waals surface area contributed by atoms with Gasteiger partial charge in [-0.15, -0.1) is 0 Å². The molecule has 1 saturated heterocycles. The maximum absolute atomic E-state index is 13.9. The lowest BCUT2D eigenvalue weighted by atomic mass is 10.0. The number of likely N-dealkylation sites (tertiary alicyclic amines) is 1. The minimum absolute atomic E-state index is 0.0867. The van der Waals surface area contributed by atoms with E-state index in [0.717, 1.165) is 19.4 Å². The normalized spacial score (nSPS) is 23.3. The van der Waals surface area contributed by atoms with E-state index in [2.05, 4.69) is 6.92 Å². The van der Waals surface area contributed by atoms with Gasteiger partial charge in [0.1, 0.15) is 18.1 Å². The SMILES string of the molecule is C[C@H]1CCCC[NH+]1Cc1c(O)ccc2c1O/C(=C\c1ccccc1F)C2=O. The van der Waals surface area contributed by atoms with Crippen molar-refractivity contribution in [1.82, 2.24) is 0 Å². The summed E-state index contributed by atoms with van der Waals surface area (Å²) in [5, 5.41) is 10.4. The third-order valence-electron chi connectivity index (χ3n) is 5.59. The Kier molecular flexibility index (Phi) is 4.70. The average Bonchev–Trinajstić information content (AvgIpc) is 2.97. The molecule has 2 aromatic carbocycles. The molecular weight excluding hydrogens is 345 g/mol. The Hall–Kier alpha value is -2.66. The molecule has 0 radical (unpaired) electrons. The Morgan fingerprint density at radius 1 is 1.26 bits per heavy atom. The molecule has 4 rings (SSSR count). The number of rotatable bonds is 3. The number of Topliss-reactive ketones (excluding diaryl/α,β-unsaturated/α-hetero) is 1. The summed E-state index contributed by atoms with van der Waals surface area (Å²) in [6, 6.07) is 9.88. The van der Waals surface area contributed by atoms with E-state index in [0.29, 0.717) is 35.0 Å². The molecule has 0 saturated carbocycles. The Bertz CT molecular complexity index is 922. The molecular formula is C22H23FNO3+. The van der Waals surface area contributed by atoms with Gasteiger partial charge in [0, 0.05) is 5.56 Å². The smallest absolute Gasteiger partial charge is 0.231 e. The third-order valence-corrected chi connectivity index (χ3v) is 5.59. The van der Waals surface area contributed by atoms with E-state index in [1.54, 1.807) is 30.3 Å². The molecule has 0 bridgehead atoms. The number of phenolic OH excluding ortho intramolecular Hbond substituents is 1. The van der Waals surface area contributed by atoms with Gasteiger partial charge in [0.2, 0.25) is 5.78 Å². The van der Waals surface area contributed by atoms with Gasteiger partial charge in [-0.3, -0.25) is 4.79 Å². The Morgan fingerprint density at radius 2 is 2.07 bits per heavy atom. The van der Waals surface area contributed by atoms with E-state index >= 15 is 0 Å². The molecule has 1 unspecified atom stereocenters. The predicted octanol–water partition coefficient (Wildman–Crippen LogP) is 3.10. The summed E-state index contributed by atoms with van der Waals surface area (Å²) in [6.07, 6.45) is 4.97. The lowest BCUT2D eigenvalue weighted by Gasteiger charge is -2.30. The summed E-state index contributed by atoms with van der Waals surface area (Å²) >= 11 is 0. The second-order valence-electron chi connectivity index (χ2n) is 7.38. The van der Waals surface area contributed by atoms with Crippen LogP contribution < -0.4 is 9.64 Å². The van der Waals surface area contributed by atoms with Crippen molar-refractivity contribution in [2.45, 2.75) is 38.8 Å². The van der Waals surface area contributed by atoms with Gasteiger partial charge in [0.25, 0.3) is 0 Å². The number of halogens is 1. The van der Waals surface area contributed by atoms with Crippen molar-refractivity contribution in [3.05, 3.63) is 64.7 Å². The number of piperidine rings is 1. The molecule has 2 aliphatic heterocycles. The van der Waals surface area contributed by atoms with Gasteiger partial charge in [-0.05, 0) is 50.5 Å². The summed E-state index contributed by atoms with van der Waals surface area (Å²) < 4.78 is 19.8. The van der Waals surface area contributed by atoms with Gasteiger partial charge in [-0.25, -0.2) is 4.39 Å². The number of carbonyl (C=O) groups is 1. The van der Waals surface area contributed by atoms with Crippen molar-refractivity contribution in [3.8, 4) is 11.5 Å². The molecule has 140 valence electrons. The predicted molar refractivity (Wildman–Crippen MR) is 100 cm³/mol. The van der Waals surface area contributed by atoms with Crippen LogP contribution in [0.1, 0.15) is 47.7 Å². The number of phenols is 1. The summed E-state index contributed by atoms with van der Waals surface area (Å²) in [4.78, 5) is 14.1.